The first kappa shape index (κ1) is 11.9. The number of carbonyl (C=O) groups is 1. The van der Waals surface area contributed by atoms with E-state index in [1.807, 2.05) is 11.8 Å². The number of aromatic nitrogens is 2. The Morgan fingerprint density at radius 1 is 1.24 bits per heavy atom. The number of nitrogen functional groups attached to an aromatic ring is 1. The van der Waals surface area contributed by atoms with Gasteiger partial charge in [-0.1, -0.05) is 0 Å². The highest BCUT2D eigenvalue weighted by atomic mass is 16.2. The summed E-state index contributed by atoms with van der Waals surface area (Å²) in [4.78, 5) is 16.4. The Morgan fingerprint density at radius 3 is 2.29 bits per heavy atom. The van der Waals surface area contributed by atoms with Crippen molar-refractivity contribution >= 4 is 11.6 Å². The van der Waals surface area contributed by atoms with Crippen molar-refractivity contribution in [2.45, 2.75) is 6.92 Å². The first-order chi connectivity index (χ1) is 8.00. The molecule has 1 aliphatic rings. The molecule has 6 heteroatoms. The van der Waals surface area contributed by atoms with E-state index in [0.717, 1.165) is 26.2 Å². The lowest BCUT2D eigenvalue weighted by atomic mass is 10.2. The molecule has 0 saturated carbocycles. The predicted octanol–water partition coefficient (Wildman–Crippen LogP) is -0.302. The number of anilines is 1. The van der Waals surface area contributed by atoms with Crippen LogP contribution in [0.3, 0.4) is 0 Å². The molecule has 6 nitrogen and oxygen atoms in total. The number of likely N-dealkylation sites (N-methyl/N-ethyl adjacent to an activating group) is 1. The zero-order chi connectivity index (χ0) is 12.6. The van der Waals surface area contributed by atoms with Crippen LogP contribution < -0.4 is 5.73 Å². The van der Waals surface area contributed by atoms with Gasteiger partial charge in [-0.15, -0.1) is 0 Å². The lowest BCUT2D eigenvalue weighted by Gasteiger charge is -2.32. The molecule has 0 spiro atoms. The summed E-state index contributed by atoms with van der Waals surface area (Å²) in [5.41, 5.74) is 7.61. The van der Waals surface area contributed by atoms with Gasteiger partial charge in [0, 0.05) is 33.2 Å². The number of carbonyl (C=O) groups excluding carboxylic acids is 1. The molecule has 1 fully saturated rings. The van der Waals surface area contributed by atoms with Crippen LogP contribution >= 0.6 is 0 Å². The van der Waals surface area contributed by atoms with E-state index in [0.29, 0.717) is 17.1 Å². The molecular formula is C11H19N5O. The molecule has 0 unspecified atom stereocenters. The quantitative estimate of drug-likeness (QED) is 0.728. The summed E-state index contributed by atoms with van der Waals surface area (Å²) in [6.45, 7) is 5.12. The van der Waals surface area contributed by atoms with Gasteiger partial charge in [0.25, 0.3) is 5.91 Å². The van der Waals surface area contributed by atoms with Gasteiger partial charge in [-0.3, -0.25) is 9.48 Å². The topological polar surface area (TPSA) is 67.4 Å². The molecule has 2 heterocycles. The minimum atomic E-state index is -0.0151. The predicted molar refractivity (Wildman–Crippen MR) is 65.8 cm³/mol. The van der Waals surface area contributed by atoms with Crippen LogP contribution in [0.2, 0.25) is 0 Å². The number of nitrogens with zero attached hydrogens (tertiary/aromatic N) is 4. The van der Waals surface area contributed by atoms with E-state index in [-0.39, 0.29) is 5.91 Å². The van der Waals surface area contributed by atoms with Crippen molar-refractivity contribution in [3.05, 3.63) is 11.4 Å². The zero-order valence-corrected chi connectivity index (χ0v) is 10.6. The van der Waals surface area contributed by atoms with Gasteiger partial charge in [-0.2, -0.15) is 5.10 Å². The molecule has 17 heavy (non-hydrogen) atoms. The maximum Gasteiger partial charge on any atom is 0.274 e. The van der Waals surface area contributed by atoms with Crippen LogP contribution in [0, 0.1) is 6.92 Å². The third kappa shape index (κ3) is 2.12. The van der Waals surface area contributed by atoms with Gasteiger partial charge in [-0.25, -0.2) is 0 Å². The van der Waals surface area contributed by atoms with Crippen molar-refractivity contribution in [1.29, 1.82) is 0 Å². The van der Waals surface area contributed by atoms with Crippen LogP contribution in [0.5, 0.6) is 0 Å². The molecule has 2 rings (SSSR count). The summed E-state index contributed by atoms with van der Waals surface area (Å²) >= 11 is 0. The summed E-state index contributed by atoms with van der Waals surface area (Å²) in [5.74, 6) is -0.0151. The normalized spacial score (nSPS) is 17.5. The van der Waals surface area contributed by atoms with Crippen LogP contribution in [0.25, 0.3) is 0 Å². The monoisotopic (exact) mass is 237 g/mol. The van der Waals surface area contributed by atoms with Crippen molar-refractivity contribution in [3.8, 4) is 0 Å². The molecule has 0 radical (unpaired) electrons. The standard InChI is InChI=1S/C11H19N5O/c1-8-9(12)10(15(3)13-8)11(17)16-6-4-14(2)5-7-16/h4-7,12H2,1-3H3. The fourth-order valence-corrected chi connectivity index (χ4v) is 2.09. The number of rotatable bonds is 1. The van der Waals surface area contributed by atoms with Gasteiger partial charge >= 0.3 is 0 Å². The van der Waals surface area contributed by atoms with Crippen LogP contribution in [-0.2, 0) is 7.05 Å². The summed E-state index contributed by atoms with van der Waals surface area (Å²) in [6.07, 6.45) is 0. The van der Waals surface area contributed by atoms with Gasteiger partial charge in [-0.05, 0) is 14.0 Å². The summed E-state index contributed by atoms with van der Waals surface area (Å²) < 4.78 is 1.57. The molecule has 94 valence electrons. The highest BCUT2D eigenvalue weighted by Crippen LogP contribution is 2.18. The lowest BCUT2D eigenvalue weighted by Crippen LogP contribution is -2.47. The highest BCUT2D eigenvalue weighted by Gasteiger charge is 2.25. The Labute approximate surface area is 101 Å². The first-order valence-corrected chi connectivity index (χ1v) is 5.77. The van der Waals surface area contributed by atoms with Crippen molar-refractivity contribution in [1.82, 2.24) is 19.6 Å². The number of aryl methyl sites for hydroxylation is 2. The minimum absolute atomic E-state index is 0.0151. The van der Waals surface area contributed by atoms with Crippen LogP contribution in [-0.4, -0.2) is 58.7 Å². The zero-order valence-electron chi connectivity index (χ0n) is 10.6. The van der Waals surface area contributed by atoms with E-state index in [2.05, 4.69) is 17.0 Å². The van der Waals surface area contributed by atoms with E-state index in [9.17, 15) is 4.79 Å². The first-order valence-electron chi connectivity index (χ1n) is 5.77. The largest absolute Gasteiger partial charge is 0.395 e. The number of amides is 1. The average molecular weight is 237 g/mol. The lowest BCUT2D eigenvalue weighted by molar-refractivity contribution is 0.0654. The molecule has 0 aliphatic carbocycles. The molecule has 2 N–H and O–H groups in total. The van der Waals surface area contributed by atoms with E-state index in [1.165, 1.54) is 0 Å². The number of hydrogen-bond donors (Lipinski definition) is 1. The molecule has 1 aromatic rings. The third-order valence-corrected chi connectivity index (χ3v) is 3.26. The molecule has 0 aromatic carbocycles. The molecule has 1 amide bonds. The SMILES string of the molecule is Cc1nn(C)c(C(=O)N2CCN(C)CC2)c1N. The van der Waals surface area contributed by atoms with E-state index < -0.39 is 0 Å². The molecule has 1 aromatic heterocycles. The van der Waals surface area contributed by atoms with Crippen LogP contribution in [0.1, 0.15) is 16.2 Å². The Balaban J connectivity index is 2.20. The van der Waals surface area contributed by atoms with Gasteiger partial charge in [0.15, 0.2) is 0 Å². The number of piperazine rings is 1. The molecular weight excluding hydrogens is 218 g/mol. The molecule has 0 atom stereocenters. The Morgan fingerprint density at radius 2 is 1.82 bits per heavy atom. The van der Waals surface area contributed by atoms with E-state index in [4.69, 9.17) is 5.73 Å². The summed E-state index contributed by atoms with van der Waals surface area (Å²) in [7, 11) is 3.82. The van der Waals surface area contributed by atoms with Gasteiger partial charge in [0.2, 0.25) is 0 Å². The van der Waals surface area contributed by atoms with Crippen LogP contribution in [0.4, 0.5) is 5.69 Å². The van der Waals surface area contributed by atoms with Crippen molar-refractivity contribution in [2.75, 3.05) is 39.0 Å². The molecule has 1 saturated heterocycles. The fourth-order valence-electron chi connectivity index (χ4n) is 2.09. The summed E-state index contributed by atoms with van der Waals surface area (Å²) in [6, 6.07) is 0. The van der Waals surface area contributed by atoms with E-state index >= 15 is 0 Å². The second-order valence-corrected chi connectivity index (χ2v) is 4.57. The van der Waals surface area contributed by atoms with Crippen molar-refractivity contribution in [2.24, 2.45) is 7.05 Å². The Kier molecular flexibility index (Phi) is 3.06. The minimum Gasteiger partial charge on any atom is -0.395 e. The molecule has 0 bridgehead atoms. The fraction of sp³-hybridized carbons (Fsp3) is 0.636. The Bertz CT molecular complexity index is 431. The number of hydrogen-bond acceptors (Lipinski definition) is 4. The van der Waals surface area contributed by atoms with Crippen molar-refractivity contribution in [3.63, 3.8) is 0 Å². The maximum atomic E-state index is 12.3. The summed E-state index contributed by atoms with van der Waals surface area (Å²) in [5, 5.41) is 4.18. The van der Waals surface area contributed by atoms with Crippen molar-refractivity contribution < 1.29 is 4.79 Å². The number of nitrogens with two attached hydrogens (primary N) is 1. The second-order valence-electron chi connectivity index (χ2n) is 4.57. The third-order valence-electron chi connectivity index (χ3n) is 3.26. The Hall–Kier alpha value is -1.56. The van der Waals surface area contributed by atoms with E-state index in [1.54, 1.807) is 11.7 Å². The second kappa shape index (κ2) is 4.37. The van der Waals surface area contributed by atoms with Gasteiger partial charge < -0.3 is 15.5 Å². The smallest absolute Gasteiger partial charge is 0.274 e. The molecule has 1 aliphatic heterocycles. The van der Waals surface area contributed by atoms with Gasteiger partial charge in [0.05, 0.1) is 11.4 Å². The van der Waals surface area contributed by atoms with Crippen LogP contribution in [0.15, 0.2) is 0 Å². The average Bonchev–Trinajstić information content (AvgIpc) is 2.53. The highest BCUT2D eigenvalue weighted by molar-refractivity contribution is 5.98. The maximum absolute atomic E-state index is 12.3. The van der Waals surface area contributed by atoms with Gasteiger partial charge in [0.1, 0.15) is 5.69 Å².